The molecule has 0 unspecified atom stereocenters. The van der Waals surface area contributed by atoms with Gasteiger partial charge >= 0.3 is 0 Å². The minimum absolute atomic E-state index is 0.0248. The van der Waals surface area contributed by atoms with E-state index in [9.17, 15) is 13.2 Å². The highest BCUT2D eigenvalue weighted by Crippen LogP contribution is 2.30. The minimum Gasteiger partial charge on any atom is -0.326 e. The first-order valence-electron chi connectivity index (χ1n) is 8.84. The van der Waals surface area contributed by atoms with Crippen molar-refractivity contribution >= 4 is 21.6 Å². The fourth-order valence-corrected chi connectivity index (χ4v) is 5.50. The molecule has 5 nitrogen and oxygen atoms in total. The lowest BCUT2D eigenvalue weighted by Crippen LogP contribution is -2.47. The molecule has 0 aromatic heterocycles. The van der Waals surface area contributed by atoms with E-state index in [0.29, 0.717) is 10.6 Å². The predicted molar refractivity (Wildman–Crippen MR) is 94.2 cm³/mol. The topological polar surface area (TPSA) is 66.5 Å². The third-order valence-electron chi connectivity index (χ3n) is 5.29. The van der Waals surface area contributed by atoms with Gasteiger partial charge in [-0.2, -0.15) is 4.31 Å². The number of amides is 1. The Morgan fingerprint density at radius 2 is 1.54 bits per heavy atom. The zero-order valence-electron chi connectivity index (χ0n) is 14.4. The summed E-state index contributed by atoms with van der Waals surface area (Å²) in [5.74, 6) is 0.151. The fraction of sp³-hybridized carbons (Fsp3) is 0.611. The Morgan fingerprint density at radius 1 is 1.00 bits per heavy atom. The number of hydrogen-bond acceptors (Lipinski definition) is 3. The maximum atomic E-state index is 12.9. The summed E-state index contributed by atoms with van der Waals surface area (Å²) in [4.78, 5) is 12.3. The predicted octanol–water partition coefficient (Wildman–Crippen LogP) is 3.38. The van der Waals surface area contributed by atoms with E-state index >= 15 is 0 Å². The molecule has 132 valence electrons. The van der Waals surface area contributed by atoms with Crippen molar-refractivity contribution in [1.29, 1.82) is 0 Å². The van der Waals surface area contributed by atoms with Crippen LogP contribution in [-0.4, -0.2) is 30.7 Å². The standard InChI is InChI=1S/C18H26N2O3S/c1-13-5-3-6-14(2)20(13)24(22,23)17-11-9-16(10-12-17)19-18(21)15-7-4-8-15/h9-15H,3-8H2,1-2H3,(H,19,21)/t13-,14+. The van der Waals surface area contributed by atoms with E-state index in [2.05, 4.69) is 5.32 Å². The number of sulfonamides is 1. The zero-order valence-corrected chi connectivity index (χ0v) is 15.2. The third kappa shape index (κ3) is 3.35. The van der Waals surface area contributed by atoms with Gasteiger partial charge in [0.1, 0.15) is 0 Å². The van der Waals surface area contributed by atoms with Gasteiger partial charge in [0, 0.05) is 23.7 Å². The van der Waals surface area contributed by atoms with Gasteiger partial charge in [0.2, 0.25) is 15.9 Å². The van der Waals surface area contributed by atoms with Crippen LogP contribution in [-0.2, 0) is 14.8 Å². The second-order valence-electron chi connectivity index (χ2n) is 7.11. The zero-order chi connectivity index (χ0) is 17.3. The number of anilines is 1. The number of rotatable bonds is 4. The van der Waals surface area contributed by atoms with Gasteiger partial charge in [-0.3, -0.25) is 4.79 Å². The molecular formula is C18H26N2O3S. The summed E-state index contributed by atoms with van der Waals surface area (Å²) in [5, 5.41) is 2.87. The molecule has 1 aliphatic carbocycles. The highest BCUT2D eigenvalue weighted by atomic mass is 32.2. The van der Waals surface area contributed by atoms with Crippen molar-refractivity contribution in [2.75, 3.05) is 5.32 Å². The van der Waals surface area contributed by atoms with E-state index in [1.165, 1.54) is 0 Å². The number of carbonyl (C=O) groups is 1. The summed E-state index contributed by atoms with van der Waals surface area (Å²) < 4.78 is 27.5. The van der Waals surface area contributed by atoms with Crippen LogP contribution < -0.4 is 5.32 Å². The highest BCUT2D eigenvalue weighted by Gasteiger charge is 2.35. The van der Waals surface area contributed by atoms with Gasteiger partial charge in [-0.1, -0.05) is 12.8 Å². The molecule has 2 aliphatic rings. The van der Waals surface area contributed by atoms with Crippen LogP contribution in [0.5, 0.6) is 0 Å². The van der Waals surface area contributed by atoms with Crippen molar-refractivity contribution in [3.8, 4) is 0 Å². The van der Waals surface area contributed by atoms with E-state index in [1.54, 1.807) is 28.6 Å². The summed E-state index contributed by atoms with van der Waals surface area (Å²) in [7, 11) is -3.49. The van der Waals surface area contributed by atoms with Gasteiger partial charge in [0.25, 0.3) is 0 Å². The van der Waals surface area contributed by atoms with Crippen LogP contribution >= 0.6 is 0 Å². The Bertz CT molecular complexity index is 685. The Hall–Kier alpha value is -1.40. The molecule has 1 aromatic carbocycles. The maximum absolute atomic E-state index is 12.9. The number of nitrogens with zero attached hydrogens (tertiary/aromatic N) is 1. The lowest BCUT2D eigenvalue weighted by atomic mass is 9.85. The summed E-state index contributed by atoms with van der Waals surface area (Å²) >= 11 is 0. The average Bonchev–Trinajstić information content (AvgIpc) is 2.45. The molecule has 1 aliphatic heterocycles. The minimum atomic E-state index is -3.49. The van der Waals surface area contributed by atoms with Crippen LogP contribution in [0.15, 0.2) is 29.2 Å². The number of carbonyl (C=O) groups excluding carboxylic acids is 1. The van der Waals surface area contributed by atoms with Crippen LogP contribution in [0, 0.1) is 5.92 Å². The molecule has 0 bridgehead atoms. The summed E-state index contributed by atoms with van der Waals surface area (Å²) in [5.41, 5.74) is 0.658. The Balaban J connectivity index is 1.75. The van der Waals surface area contributed by atoms with Gasteiger partial charge in [-0.05, 0) is 63.8 Å². The first-order chi connectivity index (χ1) is 11.4. The molecule has 1 saturated heterocycles. The lowest BCUT2D eigenvalue weighted by molar-refractivity contribution is -0.122. The van der Waals surface area contributed by atoms with E-state index in [0.717, 1.165) is 38.5 Å². The maximum Gasteiger partial charge on any atom is 0.243 e. The Labute approximate surface area is 144 Å². The molecule has 1 N–H and O–H groups in total. The molecule has 1 saturated carbocycles. The van der Waals surface area contributed by atoms with Gasteiger partial charge in [-0.25, -0.2) is 8.42 Å². The molecule has 1 aromatic rings. The molecule has 6 heteroatoms. The van der Waals surface area contributed by atoms with Crippen molar-refractivity contribution in [3.05, 3.63) is 24.3 Å². The number of piperidine rings is 1. The summed E-state index contributed by atoms with van der Waals surface area (Å²) in [6.07, 6.45) is 5.88. The lowest BCUT2D eigenvalue weighted by Gasteiger charge is -2.37. The quantitative estimate of drug-likeness (QED) is 0.905. The number of benzene rings is 1. The second kappa shape index (κ2) is 6.84. The van der Waals surface area contributed by atoms with E-state index < -0.39 is 10.0 Å². The van der Waals surface area contributed by atoms with Gasteiger partial charge < -0.3 is 5.32 Å². The smallest absolute Gasteiger partial charge is 0.243 e. The highest BCUT2D eigenvalue weighted by molar-refractivity contribution is 7.89. The van der Waals surface area contributed by atoms with E-state index in [-0.39, 0.29) is 23.9 Å². The second-order valence-corrected chi connectivity index (χ2v) is 8.95. The first-order valence-corrected chi connectivity index (χ1v) is 10.3. The molecule has 0 spiro atoms. The SMILES string of the molecule is C[C@@H]1CCC[C@H](C)N1S(=O)(=O)c1ccc(NC(=O)C2CCC2)cc1. The molecule has 3 rings (SSSR count). The van der Waals surface area contributed by atoms with Crippen LogP contribution in [0.4, 0.5) is 5.69 Å². The van der Waals surface area contributed by atoms with E-state index in [4.69, 9.17) is 0 Å². The van der Waals surface area contributed by atoms with Crippen molar-refractivity contribution in [2.45, 2.75) is 69.4 Å². The van der Waals surface area contributed by atoms with Gasteiger partial charge in [0.05, 0.1) is 4.90 Å². The van der Waals surface area contributed by atoms with Crippen LogP contribution in [0.25, 0.3) is 0 Å². The van der Waals surface area contributed by atoms with Crippen molar-refractivity contribution < 1.29 is 13.2 Å². The molecular weight excluding hydrogens is 324 g/mol. The molecule has 1 heterocycles. The number of nitrogens with one attached hydrogen (secondary N) is 1. The number of hydrogen-bond donors (Lipinski definition) is 1. The average molecular weight is 350 g/mol. The molecule has 2 atom stereocenters. The summed E-state index contributed by atoms with van der Waals surface area (Å²) in [6, 6.07) is 6.61. The molecule has 24 heavy (non-hydrogen) atoms. The Kier molecular flexibility index (Phi) is 4.97. The van der Waals surface area contributed by atoms with Crippen LogP contribution in [0.3, 0.4) is 0 Å². The monoisotopic (exact) mass is 350 g/mol. The molecule has 0 radical (unpaired) electrons. The largest absolute Gasteiger partial charge is 0.326 e. The van der Waals surface area contributed by atoms with E-state index in [1.807, 2.05) is 13.8 Å². The first kappa shape index (κ1) is 17.4. The normalized spacial score (nSPS) is 25.9. The van der Waals surface area contributed by atoms with Gasteiger partial charge in [0.15, 0.2) is 0 Å². The molecule has 2 fully saturated rings. The Morgan fingerprint density at radius 3 is 2.04 bits per heavy atom. The summed E-state index contributed by atoms with van der Waals surface area (Å²) in [6.45, 7) is 3.95. The van der Waals surface area contributed by atoms with Gasteiger partial charge in [-0.15, -0.1) is 0 Å². The molecule has 1 amide bonds. The third-order valence-corrected chi connectivity index (χ3v) is 7.43. The fourth-order valence-electron chi connectivity index (χ4n) is 3.62. The van der Waals surface area contributed by atoms with Crippen molar-refractivity contribution in [2.24, 2.45) is 5.92 Å². The van der Waals surface area contributed by atoms with Crippen LogP contribution in [0.1, 0.15) is 52.4 Å². The van der Waals surface area contributed by atoms with Crippen molar-refractivity contribution in [1.82, 2.24) is 4.31 Å². The van der Waals surface area contributed by atoms with Crippen molar-refractivity contribution in [3.63, 3.8) is 0 Å². The van der Waals surface area contributed by atoms with Crippen LogP contribution in [0.2, 0.25) is 0 Å².